The third-order valence-corrected chi connectivity index (χ3v) is 5.86. The summed E-state index contributed by atoms with van der Waals surface area (Å²) in [6.07, 6.45) is -4.95. The monoisotopic (exact) mass is 489 g/mol. The molecule has 2 amide bonds. The van der Waals surface area contributed by atoms with Gasteiger partial charge in [0.25, 0.3) is 0 Å². The molecule has 1 fully saturated rings. The third kappa shape index (κ3) is 5.73. The Morgan fingerprint density at radius 3 is 2.40 bits per heavy atom. The molecule has 0 radical (unpaired) electrons. The number of hydrogen-bond acceptors (Lipinski definition) is 5. The summed E-state index contributed by atoms with van der Waals surface area (Å²) in [5.74, 6) is -1.18. The zero-order valence-electron chi connectivity index (χ0n) is 19.1. The SMILES string of the molecule is CCOC(=O)N1CCN(C(=O)CNC(c2ccccc2)c2ccc3nc(C(F)(F)F)[nH]c3c2)CC1. The minimum Gasteiger partial charge on any atom is -0.450 e. The van der Waals surface area contributed by atoms with E-state index in [9.17, 15) is 22.8 Å². The first-order valence-corrected chi connectivity index (χ1v) is 11.3. The lowest BCUT2D eigenvalue weighted by Crippen LogP contribution is -2.52. The highest BCUT2D eigenvalue weighted by atomic mass is 19.4. The number of carbonyl (C=O) groups excluding carboxylic acids is 2. The Hall–Kier alpha value is -3.60. The summed E-state index contributed by atoms with van der Waals surface area (Å²) in [6, 6.07) is 13.8. The summed E-state index contributed by atoms with van der Waals surface area (Å²) in [6.45, 7) is 3.64. The molecule has 1 saturated heterocycles. The van der Waals surface area contributed by atoms with E-state index in [1.54, 1.807) is 28.9 Å². The summed E-state index contributed by atoms with van der Waals surface area (Å²) in [5, 5.41) is 3.25. The van der Waals surface area contributed by atoms with Gasteiger partial charge in [0, 0.05) is 26.2 Å². The molecule has 4 rings (SSSR count). The van der Waals surface area contributed by atoms with Gasteiger partial charge in [-0.3, -0.25) is 10.1 Å². The van der Waals surface area contributed by atoms with Crippen molar-refractivity contribution in [2.45, 2.75) is 19.1 Å². The van der Waals surface area contributed by atoms with E-state index in [0.29, 0.717) is 38.3 Å². The first-order valence-electron chi connectivity index (χ1n) is 11.3. The highest BCUT2D eigenvalue weighted by molar-refractivity contribution is 5.79. The number of rotatable bonds is 6. The standard InChI is InChI=1S/C24H26F3N5O3/c1-2-35-23(34)32-12-10-31(11-13-32)20(33)15-28-21(16-6-4-3-5-7-16)17-8-9-18-19(14-17)30-22(29-18)24(25,26)27/h3-9,14,21,28H,2,10-13,15H2,1H3,(H,29,30). The molecule has 3 aromatic rings. The molecule has 35 heavy (non-hydrogen) atoms. The third-order valence-electron chi connectivity index (χ3n) is 5.86. The number of amides is 2. The Balaban J connectivity index is 1.48. The van der Waals surface area contributed by atoms with Crippen LogP contribution in [0.1, 0.15) is 29.9 Å². The number of benzene rings is 2. The van der Waals surface area contributed by atoms with Gasteiger partial charge >= 0.3 is 12.3 Å². The normalized spacial score (nSPS) is 15.3. The number of nitrogens with one attached hydrogen (secondary N) is 2. The number of aromatic nitrogens is 2. The Bertz CT molecular complexity index is 1170. The van der Waals surface area contributed by atoms with Crippen molar-refractivity contribution in [2.24, 2.45) is 0 Å². The van der Waals surface area contributed by atoms with E-state index in [1.807, 2.05) is 30.3 Å². The van der Waals surface area contributed by atoms with Crippen LogP contribution in [0.3, 0.4) is 0 Å². The van der Waals surface area contributed by atoms with E-state index in [1.165, 1.54) is 6.07 Å². The summed E-state index contributed by atoms with van der Waals surface area (Å²) in [7, 11) is 0. The van der Waals surface area contributed by atoms with Crippen molar-refractivity contribution >= 4 is 23.0 Å². The van der Waals surface area contributed by atoms with Crippen LogP contribution in [0, 0.1) is 0 Å². The van der Waals surface area contributed by atoms with Crippen LogP contribution in [0.5, 0.6) is 0 Å². The average molecular weight is 489 g/mol. The Morgan fingerprint density at radius 1 is 1.06 bits per heavy atom. The molecule has 0 spiro atoms. The molecule has 1 aliphatic heterocycles. The van der Waals surface area contributed by atoms with E-state index in [2.05, 4.69) is 15.3 Å². The van der Waals surface area contributed by atoms with Gasteiger partial charge in [-0.1, -0.05) is 36.4 Å². The molecule has 0 saturated carbocycles. The average Bonchev–Trinajstić information content (AvgIpc) is 3.29. The molecule has 186 valence electrons. The topological polar surface area (TPSA) is 90.6 Å². The van der Waals surface area contributed by atoms with E-state index < -0.39 is 18.0 Å². The predicted molar refractivity (Wildman–Crippen MR) is 123 cm³/mol. The van der Waals surface area contributed by atoms with Crippen molar-refractivity contribution in [3.63, 3.8) is 0 Å². The molecule has 2 aromatic carbocycles. The smallest absolute Gasteiger partial charge is 0.449 e. The predicted octanol–water partition coefficient (Wildman–Crippen LogP) is 3.56. The van der Waals surface area contributed by atoms with Gasteiger partial charge in [0.05, 0.1) is 30.2 Å². The maximum atomic E-state index is 13.1. The van der Waals surface area contributed by atoms with Crippen molar-refractivity contribution in [1.29, 1.82) is 0 Å². The molecule has 8 nitrogen and oxygen atoms in total. The molecule has 0 bridgehead atoms. The zero-order chi connectivity index (χ0) is 25.0. The Kier molecular flexibility index (Phi) is 7.25. The summed E-state index contributed by atoms with van der Waals surface area (Å²) >= 11 is 0. The lowest BCUT2D eigenvalue weighted by molar-refractivity contribution is -0.144. The van der Waals surface area contributed by atoms with Crippen molar-refractivity contribution in [3.8, 4) is 0 Å². The molecule has 1 aromatic heterocycles. The van der Waals surface area contributed by atoms with Gasteiger partial charge in [0.2, 0.25) is 11.7 Å². The Labute approximate surface area is 200 Å². The van der Waals surface area contributed by atoms with E-state index in [4.69, 9.17) is 4.74 Å². The molecule has 2 heterocycles. The van der Waals surface area contributed by atoms with E-state index in [0.717, 1.165) is 5.56 Å². The minimum atomic E-state index is -4.57. The van der Waals surface area contributed by atoms with Crippen LogP contribution in [0.4, 0.5) is 18.0 Å². The number of piperazine rings is 1. The molecule has 2 N–H and O–H groups in total. The largest absolute Gasteiger partial charge is 0.450 e. The number of carbonyl (C=O) groups is 2. The summed E-state index contributed by atoms with van der Waals surface area (Å²) in [4.78, 5) is 34.0. The second-order valence-corrected chi connectivity index (χ2v) is 8.15. The first kappa shape index (κ1) is 24.5. The lowest BCUT2D eigenvalue weighted by Gasteiger charge is -2.34. The van der Waals surface area contributed by atoms with Gasteiger partial charge in [0.15, 0.2) is 0 Å². The number of halogens is 3. The van der Waals surface area contributed by atoms with Crippen LogP contribution in [0.25, 0.3) is 11.0 Å². The van der Waals surface area contributed by atoms with E-state index in [-0.39, 0.29) is 29.6 Å². The fraction of sp³-hybridized carbons (Fsp3) is 0.375. The van der Waals surface area contributed by atoms with Crippen LogP contribution >= 0.6 is 0 Å². The minimum absolute atomic E-state index is 0.0216. The zero-order valence-corrected chi connectivity index (χ0v) is 19.1. The van der Waals surface area contributed by atoms with Crippen LogP contribution in [-0.4, -0.2) is 71.1 Å². The van der Waals surface area contributed by atoms with Gasteiger partial charge < -0.3 is 19.5 Å². The fourth-order valence-corrected chi connectivity index (χ4v) is 4.07. The number of aromatic amines is 1. The van der Waals surface area contributed by atoms with E-state index >= 15 is 0 Å². The first-order chi connectivity index (χ1) is 16.8. The highest BCUT2D eigenvalue weighted by Gasteiger charge is 2.35. The van der Waals surface area contributed by atoms with Gasteiger partial charge in [-0.2, -0.15) is 13.2 Å². The van der Waals surface area contributed by atoms with Crippen molar-refractivity contribution < 1.29 is 27.5 Å². The highest BCUT2D eigenvalue weighted by Crippen LogP contribution is 2.30. The van der Waals surface area contributed by atoms with Gasteiger partial charge in [-0.15, -0.1) is 0 Å². The lowest BCUT2D eigenvalue weighted by atomic mass is 9.98. The quantitative estimate of drug-likeness (QED) is 0.553. The number of H-pyrrole nitrogens is 1. The molecular formula is C24H26F3N5O3. The van der Waals surface area contributed by atoms with Gasteiger partial charge in [-0.25, -0.2) is 9.78 Å². The van der Waals surface area contributed by atoms with Gasteiger partial charge in [0.1, 0.15) is 0 Å². The molecule has 1 aliphatic rings. The maximum Gasteiger partial charge on any atom is 0.449 e. The molecule has 0 aliphatic carbocycles. The number of ether oxygens (including phenoxy) is 1. The van der Waals surface area contributed by atoms with Crippen molar-refractivity contribution in [2.75, 3.05) is 39.3 Å². The molecule has 1 atom stereocenters. The van der Waals surface area contributed by atoms with Gasteiger partial charge in [-0.05, 0) is 30.2 Å². The van der Waals surface area contributed by atoms with Crippen molar-refractivity contribution in [1.82, 2.24) is 25.1 Å². The summed E-state index contributed by atoms with van der Waals surface area (Å²) < 4.78 is 44.2. The van der Waals surface area contributed by atoms with Crippen LogP contribution in [0.15, 0.2) is 48.5 Å². The maximum absolute atomic E-state index is 13.1. The number of imidazole rings is 1. The molecule has 11 heteroatoms. The van der Waals surface area contributed by atoms with Crippen molar-refractivity contribution in [3.05, 3.63) is 65.5 Å². The van der Waals surface area contributed by atoms with Crippen LogP contribution < -0.4 is 5.32 Å². The number of hydrogen-bond donors (Lipinski definition) is 2. The second-order valence-electron chi connectivity index (χ2n) is 8.15. The van der Waals surface area contributed by atoms with Crippen LogP contribution in [-0.2, 0) is 15.7 Å². The molecular weight excluding hydrogens is 463 g/mol. The summed E-state index contributed by atoms with van der Waals surface area (Å²) in [5.41, 5.74) is 2.03. The number of fused-ring (bicyclic) bond motifs is 1. The number of alkyl halides is 3. The fourth-order valence-electron chi connectivity index (χ4n) is 4.07. The number of nitrogens with zero attached hydrogens (tertiary/aromatic N) is 3. The Morgan fingerprint density at radius 2 is 1.74 bits per heavy atom. The van der Waals surface area contributed by atoms with Crippen LogP contribution in [0.2, 0.25) is 0 Å². The molecule has 1 unspecified atom stereocenters. The second kappa shape index (κ2) is 10.3.